The fourth-order valence-corrected chi connectivity index (χ4v) is 0. The van der Waals surface area contributed by atoms with E-state index in [1.807, 2.05) is 0 Å². The second-order valence-corrected chi connectivity index (χ2v) is 0.575. The van der Waals surface area contributed by atoms with Crippen LogP contribution < -0.4 is 10.2 Å². The number of carboxylic acid groups (broad SMARTS) is 2. The normalized spacial score (nSPS) is 5.50. The van der Waals surface area contributed by atoms with E-state index in [1.165, 1.54) is 0 Å². The molecule has 0 aromatic rings. The molecule has 4 nitrogen and oxygen atoms in total. The summed E-state index contributed by atoms with van der Waals surface area (Å²) in [5.74, 6) is -4.37. The maximum absolute atomic E-state index is 8.93. The van der Waals surface area contributed by atoms with Crippen LogP contribution >= 0.6 is 0 Å². The van der Waals surface area contributed by atoms with Crippen LogP contribution in [-0.4, -0.2) is 11.9 Å². The van der Waals surface area contributed by atoms with Gasteiger partial charge < -0.3 is 19.8 Å². The van der Waals surface area contributed by atoms with Gasteiger partial charge in [-0.2, -0.15) is 0 Å². The first-order chi connectivity index (χ1) is 2.64. The van der Waals surface area contributed by atoms with Gasteiger partial charge in [0.1, 0.15) is 0 Å². The van der Waals surface area contributed by atoms with Crippen LogP contribution in [0.15, 0.2) is 0 Å². The van der Waals surface area contributed by atoms with Gasteiger partial charge in [0.15, 0.2) is 0 Å². The molecule has 0 saturated heterocycles. The molecule has 0 spiro atoms. The fourth-order valence-electron chi connectivity index (χ4n) is 0. The van der Waals surface area contributed by atoms with E-state index in [0.717, 1.165) is 0 Å². The zero-order valence-corrected chi connectivity index (χ0v) is 7.35. The molecule has 0 atom stereocenters. The van der Waals surface area contributed by atoms with E-state index in [9.17, 15) is 0 Å². The van der Waals surface area contributed by atoms with E-state index in [-0.39, 0.29) is 37.8 Å². The smallest absolute Gasteiger partial charge is 0.543 e. The third-order valence-corrected chi connectivity index (χ3v) is 0.167. The number of hydrogen-bond donors (Lipinski definition) is 0. The van der Waals surface area contributed by atoms with E-state index >= 15 is 0 Å². The van der Waals surface area contributed by atoms with Crippen molar-refractivity contribution in [2.24, 2.45) is 0 Å². The number of carbonyl (C=O) groups excluding carboxylic acids is 2. The standard InChI is InChI=1S/C2H2O4.Co.W/c3-1(4)2(5)6;;/h(H,3,4)(H,5,6);;/q;+2;/p-2. The molecular formula is C2CoO4W. The van der Waals surface area contributed by atoms with E-state index in [2.05, 4.69) is 0 Å². The summed E-state index contributed by atoms with van der Waals surface area (Å²) in [5.41, 5.74) is 0. The second-order valence-electron chi connectivity index (χ2n) is 0.575. The summed E-state index contributed by atoms with van der Waals surface area (Å²) < 4.78 is 0. The molecule has 0 aliphatic carbocycles. The maximum Gasteiger partial charge on any atom is 2.00 e. The van der Waals surface area contributed by atoms with Gasteiger partial charge in [-0.1, -0.05) is 0 Å². The zero-order chi connectivity index (χ0) is 5.15. The van der Waals surface area contributed by atoms with Crippen LogP contribution in [0.3, 0.4) is 0 Å². The van der Waals surface area contributed by atoms with Crippen LogP contribution in [0.1, 0.15) is 0 Å². The van der Waals surface area contributed by atoms with Crippen molar-refractivity contribution in [2.75, 3.05) is 0 Å². The predicted molar refractivity (Wildman–Crippen MR) is 10.0 cm³/mol. The number of hydrogen-bond acceptors (Lipinski definition) is 4. The quantitative estimate of drug-likeness (QED) is 0.431. The van der Waals surface area contributed by atoms with Gasteiger partial charge in [0.25, 0.3) is 0 Å². The minimum absolute atomic E-state index is 0. The molecule has 0 aliphatic rings. The summed E-state index contributed by atoms with van der Waals surface area (Å²) in [6.45, 7) is 0. The van der Waals surface area contributed by atoms with E-state index in [1.54, 1.807) is 0 Å². The first-order valence-corrected chi connectivity index (χ1v) is 1.07. The third-order valence-electron chi connectivity index (χ3n) is 0.167. The Balaban J connectivity index is -0.000000125. The molecule has 0 heterocycles. The number of carboxylic acids is 2. The van der Waals surface area contributed by atoms with E-state index in [0.29, 0.717) is 0 Å². The molecule has 0 N–H and O–H groups in total. The third kappa shape index (κ3) is 9.46. The summed E-state index contributed by atoms with van der Waals surface area (Å²) in [7, 11) is 0. The van der Waals surface area contributed by atoms with Crippen molar-refractivity contribution in [2.45, 2.75) is 0 Å². The van der Waals surface area contributed by atoms with Gasteiger partial charge >= 0.3 is 16.8 Å². The number of rotatable bonds is 0. The van der Waals surface area contributed by atoms with Crippen molar-refractivity contribution in [1.29, 1.82) is 0 Å². The Morgan fingerprint density at radius 2 is 1.12 bits per heavy atom. The van der Waals surface area contributed by atoms with Crippen LogP contribution in [0, 0.1) is 0 Å². The van der Waals surface area contributed by atoms with Gasteiger partial charge in [-0.15, -0.1) is 0 Å². The summed E-state index contributed by atoms with van der Waals surface area (Å²) in [5, 5.41) is 17.9. The molecule has 0 aromatic heterocycles. The molecule has 0 aliphatic heterocycles. The monoisotopic (exact) mass is 331 g/mol. The summed E-state index contributed by atoms with van der Waals surface area (Å²) in [6.07, 6.45) is 0. The molecule has 0 rings (SSSR count). The Morgan fingerprint density at radius 3 is 1.12 bits per heavy atom. The average Bonchev–Trinajstić information content (AvgIpc) is 1.36. The molecule has 0 saturated carbocycles. The van der Waals surface area contributed by atoms with Crippen LogP contribution in [-0.2, 0) is 47.4 Å². The molecule has 0 unspecified atom stereocenters. The molecule has 47 valence electrons. The van der Waals surface area contributed by atoms with Gasteiger partial charge in [0, 0.05) is 21.1 Å². The Bertz CT molecular complexity index is 80.0. The summed E-state index contributed by atoms with van der Waals surface area (Å²) in [4.78, 5) is 17.9. The fraction of sp³-hybridized carbons (Fsp3) is 0. The molecule has 1 radical (unpaired) electrons. The van der Waals surface area contributed by atoms with Crippen molar-refractivity contribution in [3.8, 4) is 0 Å². The number of aliphatic carboxylic acids is 2. The predicted octanol–water partition coefficient (Wildman–Crippen LogP) is -3.52. The molecule has 0 amide bonds. The van der Waals surface area contributed by atoms with Crippen molar-refractivity contribution in [3.63, 3.8) is 0 Å². The summed E-state index contributed by atoms with van der Waals surface area (Å²) >= 11 is 0. The van der Waals surface area contributed by atoms with Gasteiger partial charge in [-0.05, 0) is 0 Å². The molecular weight excluding hydrogens is 331 g/mol. The maximum atomic E-state index is 8.93. The Hall–Kier alpha value is 0.135. The van der Waals surface area contributed by atoms with Crippen LogP contribution in [0.2, 0.25) is 0 Å². The topological polar surface area (TPSA) is 80.3 Å². The van der Waals surface area contributed by atoms with Gasteiger partial charge in [-0.25, -0.2) is 0 Å². The molecule has 0 bridgehead atoms. The molecule has 8 heavy (non-hydrogen) atoms. The van der Waals surface area contributed by atoms with E-state index in [4.69, 9.17) is 19.8 Å². The van der Waals surface area contributed by atoms with E-state index < -0.39 is 11.9 Å². The Labute approximate surface area is 69.7 Å². The van der Waals surface area contributed by atoms with Gasteiger partial charge in [0.2, 0.25) is 0 Å². The van der Waals surface area contributed by atoms with Crippen molar-refractivity contribution >= 4 is 11.9 Å². The molecule has 0 fully saturated rings. The molecule has 6 heteroatoms. The average molecular weight is 331 g/mol. The van der Waals surface area contributed by atoms with Crippen molar-refractivity contribution < 1.29 is 57.6 Å². The SMILES string of the molecule is O=C([O-])C(=O)[O-].[Co+2].[W]. The van der Waals surface area contributed by atoms with Crippen molar-refractivity contribution in [3.05, 3.63) is 0 Å². The van der Waals surface area contributed by atoms with Crippen LogP contribution in [0.25, 0.3) is 0 Å². The van der Waals surface area contributed by atoms with Gasteiger partial charge in [-0.3, -0.25) is 0 Å². The minimum atomic E-state index is -2.19. The van der Waals surface area contributed by atoms with Crippen LogP contribution in [0.4, 0.5) is 0 Å². The summed E-state index contributed by atoms with van der Waals surface area (Å²) in [6, 6.07) is 0. The Morgan fingerprint density at radius 1 is 1.00 bits per heavy atom. The first-order valence-electron chi connectivity index (χ1n) is 1.07. The Kier molecular flexibility index (Phi) is 14.0. The van der Waals surface area contributed by atoms with Crippen molar-refractivity contribution in [1.82, 2.24) is 0 Å². The zero-order valence-electron chi connectivity index (χ0n) is 3.37. The van der Waals surface area contributed by atoms with Gasteiger partial charge in [0.05, 0.1) is 11.9 Å². The minimum Gasteiger partial charge on any atom is -0.543 e. The number of carbonyl (C=O) groups is 2. The largest absolute Gasteiger partial charge is 2.00 e. The first kappa shape index (κ1) is 15.7. The molecule has 0 aromatic carbocycles. The van der Waals surface area contributed by atoms with Crippen LogP contribution in [0.5, 0.6) is 0 Å². The second kappa shape index (κ2) is 7.13.